The number of amides is 1. The predicted octanol–water partition coefficient (Wildman–Crippen LogP) is 1.49. The SMILES string of the molecule is O=C(NC1CCCCC1)c1ccc(C#CCO)cn1. The average Bonchev–Trinajstić information content (AvgIpc) is 2.46. The van der Waals surface area contributed by atoms with Crippen LogP contribution in [-0.4, -0.2) is 28.6 Å². The molecule has 0 unspecified atom stereocenters. The van der Waals surface area contributed by atoms with Gasteiger partial charge in [-0.2, -0.15) is 0 Å². The molecular weight excluding hydrogens is 240 g/mol. The number of carbonyl (C=O) groups excluding carboxylic acids is 1. The third-order valence-electron chi connectivity index (χ3n) is 3.25. The van der Waals surface area contributed by atoms with Gasteiger partial charge in [0.1, 0.15) is 12.3 Å². The van der Waals surface area contributed by atoms with E-state index in [1.807, 2.05) is 0 Å². The third kappa shape index (κ3) is 4.08. The molecule has 1 heterocycles. The number of hydrogen-bond donors (Lipinski definition) is 2. The van der Waals surface area contributed by atoms with Gasteiger partial charge in [-0.15, -0.1) is 0 Å². The van der Waals surface area contributed by atoms with Gasteiger partial charge in [-0.25, -0.2) is 4.98 Å². The lowest BCUT2D eigenvalue weighted by Crippen LogP contribution is -2.36. The largest absolute Gasteiger partial charge is 0.384 e. The Kier molecular flexibility index (Phi) is 4.93. The van der Waals surface area contributed by atoms with Crippen molar-refractivity contribution >= 4 is 5.91 Å². The molecule has 19 heavy (non-hydrogen) atoms. The standard InChI is InChI=1S/C15H18N2O2/c18-10-4-5-12-8-9-14(16-11-12)15(19)17-13-6-2-1-3-7-13/h8-9,11,13,18H,1-3,6-7,10H2,(H,17,19). The summed E-state index contributed by atoms with van der Waals surface area (Å²) in [6, 6.07) is 3.70. The van der Waals surface area contributed by atoms with Crippen LogP contribution in [0.3, 0.4) is 0 Å². The molecule has 2 rings (SSSR count). The molecule has 2 N–H and O–H groups in total. The maximum absolute atomic E-state index is 12.0. The van der Waals surface area contributed by atoms with Gasteiger partial charge in [0.15, 0.2) is 0 Å². The number of aromatic nitrogens is 1. The molecular formula is C15H18N2O2. The van der Waals surface area contributed by atoms with E-state index in [9.17, 15) is 4.79 Å². The summed E-state index contributed by atoms with van der Waals surface area (Å²) in [6.45, 7) is -0.177. The first-order valence-electron chi connectivity index (χ1n) is 6.66. The predicted molar refractivity (Wildman–Crippen MR) is 72.5 cm³/mol. The van der Waals surface area contributed by atoms with Gasteiger partial charge in [-0.05, 0) is 25.0 Å². The Morgan fingerprint density at radius 2 is 2.16 bits per heavy atom. The molecule has 1 aromatic heterocycles. The van der Waals surface area contributed by atoms with Crippen LogP contribution in [0.15, 0.2) is 18.3 Å². The normalized spacial score (nSPS) is 15.4. The zero-order chi connectivity index (χ0) is 13.5. The summed E-state index contributed by atoms with van der Waals surface area (Å²) in [5.74, 6) is 5.17. The molecule has 1 aliphatic rings. The van der Waals surface area contributed by atoms with E-state index in [4.69, 9.17) is 5.11 Å². The van der Waals surface area contributed by atoms with Crippen molar-refractivity contribution in [3.8, 4) is 11.8 Å². The summed E-state index contributed by atoms with van der Waals surface area (Å²) in [5, 5.41) is 11.6. The fourth-order valence-corrected chi connectivity index (χ4v) is 2.25. The van der Waals surface area contributed by atoms with Crippen molar-refractivity contribution in [1.82, 2.24) is 10.3 Å². The van der Waals surface area contributed by atoms with Crippen molar-refractivity contribution < 1.29 is 9.90 Å². The van der Waals surface area contributed by atoms with Gasteiger partial charge in [-0.1, -0.05) is 31.1 Å². The lowest BCUT2D eigenvalue weighted by atomic mass is 9.95. The number of carbonyl (C=O) groups is 1. The quantitative estimate of drug-likeness (QED) is 0.790. The van der Waals surface area contributed by atoms with Crippen LogP contribution in [-0.2, 0) is 0 Å². The molecule has 0 atom stereocenters. The smallest absolute Gasteiger partial charge is 0.270 e. The molecule has 1 saturated carbocycles. The van der Waals surface area contributed by atoms with Crippen LogP contribution in [0.2, 0.25) is 0 Å². The Bertz CT molecular complexity index is 479. The Hall–Kier alpha value is -1.86. The van der Waals surface area contributed by atoms with Crippen molar-refractivity contribution in [2.45, 2.75) is 38.1 Å². The van der Waals surface area contributed by atoms with Crippen LogP contribution in [0.1, 0.15) is 48.2 Å². The fraction of sp³-hybridized carbons (Fsp3) is 0.467. The highest BCUT2D eigenvalue weighted by Gasteiger charge is 2.16. The molecule has 1 amide bonds. The zero-order valence-corrected chi connectivity index (χ0v) is 10.9. The van der Waals surface area contributed by atoms with Crippen molar-refractivity contribution in [3.05, 3.63) is 29.6 Å². The Labute approximate surface area is 113 Å². The Morgan fingerprint density at radius 3 is 2.79 bits per heavy atom. The van der Waals surface area contributed by atoms with Gasteiger partial charge in [0.05, 0.1) is 0 Å². The summed E-state index contributed by atoms with van der Waals surface area (Å²) >= 11 is 0. The number of pyridine rings is 1. The second-order valence-electron chi connectivity index (χ2n) is 4.70. The topological polar surface area (TPSA) is 62.2 Å². The summed E-state index contributed by atoms with van der Waals surface area (Å²) < 4.78 is 0. The second kappa shape index (κ2) is 6.91. The molecule has 1 aromatic rings. The second-order valence-corrected chi connectivity index (χ2v) is 4.70. The zero-order valence-electron chi connectivity index (χ0n) is 10.9. The highest BCUT2D eigenvalue weighted by Crippen LogP contribution is 2.17. The van der Waals surface area contributed by atoms with Crippen molar-refractivity contribution in [1.29, 1.82) is 0 Å². The minimum absolute atomic E-state index is 0.117. The highest BCUT2D eigenvalue weighted by molar-refractivity contribution is 5.92. The van der Waals surface area contributed by atoms with Crippen LogP contribution in [0.5, 0.6) is 0 Å². The van der Waals surface area contributed by atoms with E-state index in [1.54, 1.807) is 18.3 Å². The van der Waals surface area contributed by atoms with E-state index in [0.29, 0.717) is 11.3 Å². The molecule has 100 valence electrons. The molecule has 4 nitrogen and oxygen atoms in total. The van der Waals surface area contributed by atoms with Gasteiger partial charge in [-0.3, -0.25) is 4.79 Å². The fourth-order valence-electron chi connectivity index (χ4n) is 2.25. The van der Waals surface area contributed by atoms with E-state index in [1.165, 1.54) is 19.3 Å². The molecule has 0 spiro atoms. The highest BCUT2D eigenvalue weighted by atomic mass is 16.2. The number of hydrogen-bond acceptors (Lipinski definition) is 3. The number of aliphatic hydroxyl groups is 1. The first kappa shape index (κ1) is 13.6. The van der Waals surface area contributed by atoms with E-state index in [2.05, 4.69) is 22.1 Å². The van der Waals surface area contributed by atoms with Crippen LogP contribution in [0, 0.1) is 11.8 Å². The van der Waals surface area contributed by atoms with Crippen molar-refractivity contribution in [3.63, 3.8) is 0 Å². The third-order valence-corrected chi connectivity index (χ3v) is 3.25. The molecule has 0 saturated heterocycles. The molecule has 0 bridgehead atoms. The molecule has 4 heteroatoms. The maximum Gasteiger partial charge on any atom is 0.270 e. The van der Waals surface area contributed by atoms with Crippen LogP contribution < -0.4 is 5.32 Å². The minimum atomic E-state index is -0.177. The van der Waals surface area contributed by atoms with Crippen LogP contribution in [0.4, 0.5) is 0 Å². The minimum Gasteiger partial charge on any atom is -0.384 e. The lowest BCUT2D eigenvalue weighted by Gasteiger charge is -2.22. The maximum atomic E-state index is 12.0. The molecule has 1 fully saturated rings. The first-order chi connectivity index (χ1) is 9.29. The monoisotopic (exact) mass is 258 g/mol. The molecule has 0 aromatic carbocycles. The van der Waals surface area contributed by atoms with E-state index in [0.717, 1.165) is 12.8 Å². The van der Waals surface area contributed by atoms with Crippen molar-refractivity contribution in [2.75, 3.05) is 6.61 Å². The summed E-state index contributed by atoms with van der Waals surface area (Å²) in [4.78, 5) is 16.1. The molecule has 0 aliphatic heterocycles. The van der Waals surface area contributed by atoms with Gasteiger partial charge in [0, 0.05) is 17.8 Å². The van der Waals surface area contributed by atoms with Crippen LogP contribution in [0.25, 0.3) is 0 Å². The van der Waals surface area contributed by atoms with E-state index < -0.39 is 0 Å². The van der Waals surface area contributed by atoms with Gasteiger partial charge in [0.25, 0.3) is 5.91 Å². The van der Waals surface area contributed by atoms with Gasteiger partial charge in [0.2, 0.25) is 0 Å². The van der Waals surface area contributed by atoms with Gasteiger partial charge < -0.3 is 10.4 Å². The van der Waals surface area contributed by atoms with E-state index >= 15 is 0 Å². The van der Waals surface area contributed by atoms with Crippen LogP contribution >= 0.6 is 0 Å². The molecule has 1 aliphatic carbocycles. The number of rotatable bonds is 2. The summed E-state index contributed by atoms with van der Waals surface area (Å²) in [7, 11) is 0. The van der Waals surface area contributed by atoms with E-state index in [-0.39, 0.29) is 18.6 Å². The summed E-state index contributed by atoms with van der Waals surface area (Å²) in [6.07, 6.45) is 7.32. The summed E-state index contributed by atoms with van der Waals surface area (Å²) in [5.41, 5.74) is 1.11. The Balaban J connectivity index is 1.95. The molecule has 0 radical (unpaired) electrons. The first-order valence-corrected chi connectivity index (χ1v) is 6.66. The number of aliphatic hydroxyl groups excluding tert-OH is 1. The number of nitrogens with one attached hydrogen (secondary N) is 1. The van der Waals surface area contributed by atoms with Crippen molar-refractivity contribution in [2.24, 2.45) is 0 Å². The number of nitrogens with zero attached hydrogens (tertiary/aromatic N) is 1. The Morgan fingerprint density at radius 1 is 1.37 bits per heavy atom. The lowest BCUT2D eigenvalue weighted by molar-refractivity contribution is 0.0922. The van der Waals surface area contributed by atoms with Gasteiger partial charge >= 0.3 is 0 Å². The average molecular weight is 258 g/mol.